The van der Waals surface area contributed by atoms with Crippen molar-refractivity contribution >= 4 is 33.0 Å². The summed E-state index contributed by atoms with van der Waals surface area (Å²) in [6.45, 7) is 8.24. The van der Waals surface area contributed by atoms with Crippen molar-refractivity contribution in [3.8, 4) is 5.75 Å². The van der Waals surface area contributed by atoms with Crippen molar-refractivity contribution in [2.24, 2.45) is 5.92 Å². The van der Waals surface area contributed by atoms with Gasteiger partial charge in [0.15, 0.2) is 0 Å². The fraction of sp³-hybridized carbons (Fsp3) is 0.429. The van der Waals surface area contributed by atoms with E-state index in [1.807, 2.05) is 12.3 Å². The fourth-order valence-corrected chi connectivity index (χ4v) is 6.26. The van der Waals surface area contributed by atoms with Crippen molar-refractivity contribution in [2.75, 3.05) is 38.6 Å². The molecule has 2 heterocycles. The number of carbonyl (C=O) groups is 1. The molecule has 0 aliphatic carbocycles. The van der Waals surface area contributed by atoms with E-state index in [4.69, 9.17) is 9.47 Å². The number of benzene rings is 2. The van der Waals surface area contributed by atoms with E-state index < -0.39 is 10.0 Å². The highest BCUT2D eigenvalue weighted by molar-refractivity contribution is 7.92. The van der Waals surface area contributed by atoms with Gasteiger partial charge in [0.05, 0.1) is 23.1 Å². The summed E-state index contributed by atoms with van der Waals surface area (Å²) in [5, 5.41) is 2.99. The molecule has 9 nitrogen and oxygen atoms in total. The van der Waals surface area contributed by atoms with Gasteiger partial charge in [0.2, 0.25) is 0 Å². The first-order chi connectivity index (χ1) is 18.6. The van der Waals surface area contributed by atoms with E-state index in [0.29, 0.717) is 25.4 Å². The van der Waals surface area contributed by atoms with Crippen LogP contribution in [0.5, 0.6) is 5.75 Å². The Balaban J connectivity index is 1.65. The quantitative estimate of drug-likeness (QED) is 0.471. The molecular weight excluding hydrogens is 536 g/mol. The van der Waals surface area contributed by atoms with Crippen LogP contribution in [0.4, 0.5) is 5.69 Å². The van der Waals surface area contributed by atoms with Crippen LogP contribution in [0.25, 0.3) is 0 Å². The zero-order chi connectivity index (χ0) is 28.2. The highest BCUT2D eigenvalue weighted by atomic mass is 32.2. The third-order valence-corrected chi connectivity index (χ3v) is 9.14. The molecule has 2 aromatic carbocycles. The highest BCUT2D eigenvalue weighted by Crippen LogP contribution is 2.28. The molecule has 0 saturated heterocycles. The number of hydrogen-bond acceptors (Lipinski definition) is 8. The summed E-state index contributed by atoms with van der Waals surface area (Å²) >= 11 is 1.62. The third kappa shape index (κ3) is 7.16. The van der Waals surface area contributed by atoms with Crippen LogP contribution in [-0.4, -0.2) is 75.1 Å². The predicted molar refractivity (Wildman–Crippen MR) is 153 cm³/mol. The number of thiazole rings is 1. The first-order valence-corrected chi connectivity index (χ1v) is 15.2. The monoisotopic (exact) mass is 572 g/mol. The molecule has 1 N–H and O–H groups in total. The number of methoxy groups -OCH3 is 1. The SMILES string of the molecule is CO[C@@H]1CN(C)C(=O)c2cc(NS(=O)(=O)c3ccc(C)cc3)ccc2OC[C@H](C)N(Cc2nccs2)C[C@H]1C. The van der Waals surface area contributed by atoms with Crippen LogP contribution in [0.1, 0.15) is 34.8 Å². The molecule has 1 aliphatic heterocycles. The second-order valence-corrected chi connectivity index (χ2v) is 12.7. The molecule has 0 spiro atoms. The van der Waals surface area contributed by atoms with Crippen molar-refractivity contribution in [3.63, 3.8) is 0 Å². The summed E-state index contributed by atoms with van der Waals surface area (Å²) in [5.74, 6) is 0.247. The van der Waals surface area contributed by atoms with Gasteiger partial charge in [0.1, 0.15) is 17.4 Å². The normalized spacial score (nSPS) is 21.4. The molecule has 1 aromatic heterocycles. The number of hydrogen-bond donors (Lipinski definition) is 1. The Bertz CT molecular complexity index is 1360. The maximum absolute atomic E-state index is 13.6. The zero-order valence-corrected chi connectivity index (χ0v) is 24.6. The number of amides is 1. The number of likely N-dealkylation sites (N-methyl/N-ethyl adjacent to an activating group) is 1. The van der Waals surface area contributed by atoms with Gasteiger partial charge in [-0.3, -0.25) is 14.4 Å². The molecule has 0 fully saturated rings. The Kier molecular flexibility index (Phi) is 9.27. The van der Waals surface area contributed by atoms with Gasteiger partial charge in [-0.2, -0.15) is 0 Å². The number of fused-ring (bicyclic) bond motifs is 1. The standard InChI is InChI=1S/C28H36N4O5S2/c1-19-6-9-23(10-7-19)39(34,35)30-22-8-11-25-24(14-22)28(33)31(4)16-26(36-5)20(2)15-32(21(3)18-37-25)17-27-29-12-13-38-27/h6-14,20-21,26,30H,15-18H2,1-5H3/t20-,21+,26-/m1/s1. The van der Waals surface area contributed by atoms with Gasteiger partial charge in [0.25, 0.3) is 15.9 Å². The number of aryl methyl sites for hydroxylation is 1. The van der Waals surface area contributed by atoms with Crippen LogP contribution < -0.4 is 9.46 Å². The van der Waals surface area contributed by atoms with Gasteiger partial charge >= 0.3 is 0 Å². The smallest absolute Gasteiger partial charge is 0.261 e. The molecule has 0 bridgehead atoms. The van der Waals surface area contributed by atoms with Gasteiger partial charge in [-0.15, -0.1) is 11.3 Å². The summed E-state index contributed by atoms with van der Waals surface area (Å²) in [5.41, 5.74) is 1.52. The van der Waals surface area contributed by atoms with Crippen LogP contribution in [0, 0.1) is 12.8 Å². The van der Waals surface area contributed by atoms with E-state index >= 15 is 0 Å². The molecular formula is C28H36N4O5S2. The van der Waals surface area contributed by atoms with Crippen LogP contribution in [0.3, 0.4) is 0 Å². The first-order valence-electron chi connectivity index (χ1n) is 12.8. The summed E-state index contributed by atoms with van der Waals surface area (Å²) in [4.78, 5) is 22.1. The number of anilines is 1. The Labute approximate surface area is 234 Å². The molecule has 210 valence electrons. The average molecular weight is 573 g/mol. The second kappa shape index (κ2) is 12.5. The minimum atomic E-state index is -3.84. The van der Waals surface area contributed by atoms with Gasteiger partial charge in [-0.25, -0.2) is 13.4 Å². The van der Waals surface area contributed by atoms with Crippen LogP contribution in [-0.2, 0) is 21.3 Å². The molecule has 0 saturated carbocycles. The van der Waals surface area contributed by atoms with Crippen molar-refractivity contribution < 1.29 is 22.7 Å². The van der Waals surface area contributed by atoms with E-state index in [-0.39, 0.29) is 40.1 Å². The summed E-state index contributed by atoms with van der Waals surface area (Å²) in [6.07, 6.45) is 1.61. The lowest BCUT2D eigenvalue weighted by Gasteiger charge is -2.35. The molecule has 11 heteroatoms. The minimum absolute atomic E-state index is 0.0219. The Morgan fingerprint density at radius 2 is 1.90 bits per heavy atom. The number of sulfonamides is 1. The molecule has 0 radical (unpaired) electrons. The Morgan fingerprint density at radius 3 is 2.56 bits per heavy atom. The number of rotatable bonds is 6. The van der Waals surface area contributed by atoms with Crippen molar-refractivity contribution in [2.45, 2.75) is 44.4 Å². The molecule has 4 rings (SSSR count). The maximum Gasteiger partial charge on any atom is 0.261 e. The van der Waals surface area contributed by atoms with Crippen molar-refractivity contribution in [1.82, 2.24) is 14.8 Å². The highest BCUT2D eigenvalue weighted by Gasteiger charge is 2.29. The van der Waals surface area contributed by atoms with Gasteiger partial charge < -0.3 is 14.4 Å². The molecule has 3 atom stereocenters. The van der Waals surface area contributed by atoms with E-state index in [2.05, 4.69) is 28.5 Å². The predicted octanol–water partition coefficient (Wildman–Crippen LogP) is 4.26. The largest absolute Gasteiger partial charge is 0.491 e. The molecule has 39 heavy (non-hydrogen) atoms. The fourth-order valence-electron chi connectivity index (χ4n) is 4.57. The minimum Gasteiger partial charge on any atom is -0.491 e. The van der Waals surface area contributed by atoms with Crippen LogP contribution >= 0.6 is 11.3 Å². The van der Waals surface area contributed by atoms with Gasteiger partial charge in [-0.05, 0) is 50.1 Å². The summed E-state index contributed by atoms with van der Waals surface area (Å²) < 4.78 is 40.6. The lowest BCUT2D eigenvalue weighted by Crippen LogP contribution is -2.46. The number of carbonyl (C=O) groups excluding carboxylic acids is 1. The number of ether oxygens (including phenoxy) is 2. The summed E-state index contributed by atoms with van der Waals surface area (Å²) in [6, 6.07) is 11.4. The van der Waals surface area contributed by atoms with E-state index in [0.717, 1.165) is 17.1 Å². The second-order valence-electron chi connectivity index (χ2n) is 10.1. The van der Waals surface area contributed by atoms with E-state index in [1.54, 1.807) is 73.0 Å². The molecule has 0 unspecified atom stereocenters. The number of nitrogens with one attached hydrogen (secondary N) is 1. The Morgan fingerprint density at radius 1 is 1.15 bits per heavy atom. The molecule has 1 aliphatic rings. The van der Waals surface area contributed by atoms with E-state index in [9.17, 15) is 13.2 Å². The topological polar surface area (TPSA) is 101 Å². The average Bonchev–Trinajstić information content (AvgIpc) is 3.42. The summed E-state index contributed by atoms with van der Waals surface area (Å²) in [7, 11) is -0.456. The number of nitrogens with zero attached hydrogens (tertiary/aromatic N) is 3. The lowest BCUT2D eigenvalue weighted by atomic mass is 10.0. The molecule has 1 amide bonds. The zero-order valence-electron chi connectivity index (χ0n) is 23.0. The van der Waals surface area contributed by atoms with Crippen molar-refractivity contribution in [3.05, 3.63) is 70.2 Å². The van der Waals surface area contributed by atoms with Crippen LogP contribution in [0.2, 0.25) is 0 Å². The Hall–Kier alpha value is -2.99. The van der Waals surface area contributed by atoms with Gasteiger partial charge in [0, 0.05) is 50.6 Å². The first kappa shape index (κ1) is 29.0. The lowest BCUT2D eigenvalue weighted by molar-refractivity contribution is 0.00921. The van der Waals surface area contributed by atoms with Gasteiger partial charge in [-0.1, -0.05) is 24.6 Å². The third-order valence-electron chi connectivity index (χ3n) is 6.98. The van der Waals surface area contributed by atoms with Crippen LogP contribution in [0.15, 0.2) is 58.9 Å². The van der Waals surface area contributed by atoms with E-state index in [1.165, 1.54) is 6.07 Å². The maximum atomic E-state index is 13.6. The molecule has 3 aromatic rings. The number of aromatic nitrogens is 1. The van der Waals surface area contributed by atoms with Crippen molar-refractivity contribution in [1.29, 1.82) is 0 Å².